The fourth-order valence-corrected chi connectivity index (χ4v) is 5.11. The van der Waals surface area contributed by atoms with E-state index in [1.165, 1.54) is 0 Å². The highest BCUT2D eigenvalue weighted by atomic mass is 35.5. The smallest absolute Gasteiger partial charge is 0.410 e. The molecule has 2 atom stereocenters. The van der Waals surface area contributed by atoms with Crippen LogP contribution in [0, 0.1) is 13.8 Å². The first kappa shape index (κ1) is 24.6. The molecule has 8 heteroatoms. The second-order valence-electron chi connectivity index (χ2n) is 10.2. The van der Waals surface area contributed by atoms with Crippen LogP contribution in [0.4, 0.5) is 4.79 Å². The number of ether oxygens (including phenoxy) is 1. The second kappa shape index (κ2) is 9.29. The molecule has 1 aromatic carbocycles. The van der Waals surface area contributed by atoms with Crippen molar-refractivity contribution < 1.29 is 19.4 Å². The summed E-state index contributed by atoms with van der Waals surface area (Å²) in [6.07, 6.45) is 0.892. The number of fused-ring (bicyclic) bond motifs is 1. The minimum Gasteiger partial charge on any atom is -0.444 e. The minimum absolute atomic E-state index is 0.00472. The van der Waals surface area contributed by atoms with Gasteiger partial charge in [-0.25, -0.2) is 4.79 Å². The molecule has 0 radical (unpaired) electrons. The van der Waals surface area contributed by atoms with Crippen LogP contribution >= 0.6 is 11.6 Å². The molecule has 1 aromatic heterocycles. The molecule has 7 nitrogen and oxygen atoms in total. The largest absolute Gasteiger partial charge is 0.444 e. The van der Waals surface area contributed by atoms with Crippen molar-refractivity contribution >= 4 is 23.5 Å². The molecule has 1 fully saturated rings. The summed E-state index contributed by atoms with van der Waals surface area (Å²) in [5.74, 6) is -0.0303. The number of benzene rings is 1. The van der Waals surface area contributed by atoms with Gasteiger partial charge in [0.1, 0.15) is 5.60 Å². The third-order valence-corrected chi connectivity index (χ3v) is 6.67. The van der Waals surface area contributed by atoms with Gasteiger partial charge in [-0.05, 0) is 64.3 Å². The fraction of sp³-hybridized carbons (Fsp3) is 0.500. The second-order valence-corrected chi connectivity index (χ2v) is 10.6. The maximum Gasteiger partial charge on any atom is 0.410 e. The number of aliphatic hydroxyl groups is 1. The summed E-state index contributed by atoms with van der Waals surface area (Å²) in [6, 6.07) is 5.13. The summed E-state index contributed by atoms with van der Waals surface area (Å²) in [4.78, 5) is 32.4. The number of aromatic nitrogens is 1. The highest BCUT2D eigenvalue weighted by Crippen LogP contribution is 2.38. The van der Waals surface area contributed by atoms with Crippen molar-refractivity contribution in [1.82, 2.24) is 15.2 Å². The van der Waals surface area contributed by atoms with E-state index in [-0.39, 0.29) is 24.5 Å². The van der Waals surface area contributed by atoms with E-state index in [0.29, 0.717) is 35.7 Å². The van der Waals surface area contributed by atoms with Crippen LogP contribution in [0.3, 0.4) is 0 Å². The van der Waals surface area contributed by atoms with Gasteiger partial charge in [0.05, 0.1) is 18.3 Å². The van der Waals surface area contributed by atoms with Gasteiger partial charge in [0.15, 0.2) is 5.78 Å². The van der Waals surface area contributed by atoms with E-state index in [0.717, 1.165) is 34.5 Å². The van der Waals surface area contributed by atoms with E-state index in [2.05, 4.69) is 10.3 Å². The number of aryl methyl sites for hydroxylation is 2. The van der Waals surface area contributed by atoms with Crippen molar-refractivity contribution in [1.29, 1.82) is 0 Å². The van der Waals surface area contributed by atoms with Crippen molar-refractivity contribution in [2.45, 2.75) is 71.8 Å². The predicted molar refractivity (Wildman–Crippen MR) is 131 cm³/mol. The maximum absolute atomic E-state index is 13.6. The minimum atomic E-state index is -0.546. The Kier molecular flexibility index (Phi) is 6.73. The quantitative estimate of drug-likeness (QED) is 0.673. The van der Waals surface area contributed by atoms with E-state index in [1.54, 1.807) is 11.0 Å². The molecule has 1 aliphatic carbocycles. The fourth-order valence-electron chi connectivity index (χ4n) is 4.88. The molecule has 0 saturated carbocycles. The summed E-state index contributed by atoms with van der Waals surface area (Å²) < 4.78 is 5.48. The van der Waals surface area contributed by atoms with Gasteiger partial charge in [0, 0.05) is 53.0 Å². The Morgan fingerprint density at radius 3 is 2.68 bits per heavy atom. The van der Waals surface area contributed by atoms with Crippen molar-refractivity contribution in [3.05, 3.63) is 51.3 Å². The average molecular weight is 486 g/mol. The van der Waals surface area contributed by atoms with Gasteiger partial charge in [-0.2, -0.15) is 0 Å². The normalized spacial score (nSPS) is 20.1. The third kappa shape index (κ3) is 4.83. The molecule has 182 valence electrons. The number of nitrogens with zero attached hydrogens (tertiary/aromatic N) is 2. The number of halogens is 1. The Labute approximate surface area is 205 Å². The molecule has 1 amide bonds. The molecular weight excluding hydrogens is 454 g/mol. The first-order valence-electron chi connectivity index (χ1n) is 11.7. The Hall–Kier alpha value is -2.48. The predicted octanol–water partition coefficient (Wildman–Crippen LogP) is 4.22. The number of ketones is 1. The molecular formula is C26H32ClN3O4. The number of hydrogen-bond donors (Lipinski definition) is 2. The van der Waals surface area contributed by atoms with Gasteiger partial charge in [-0.1, -0.05) is 17.7 Å². The lowest BCUT2D eigenvalue weighted by Gasteiger charge is -2.24. The van der Waals surface area contributed by atoms with E-state index >= 15 is 0 Å². The highest BCUT2D eigenvalue weighted by molar-refractivity contribution is 6.30. The number of carbonyl (C=O) groups is 2. The molecule has 1 aliphatic heterocycles. The lowest BCUT2D eigenvalue weighted by atomic mass is 9.90. The number of rotatable bonds is 4. The third-order valence-electron chi connectivity index (χ3n) is 6.43. The summed E-state index contributed by atoms with van der Waals surface area (Å²) in [7, 11) is 0. The number of amides is 1. The average Bonchev–Trinajstić information content (AvgIpc) is 3.31. The molecule has 34 heavy (non-hydrogen) atoms. The van der Waals surface area contributed by atoms with Crippen molar-refractivity contribution in [2.24, 2.45) is 0 Å². The van der Waals surface area contributed by atoms with Crippen LogP contribution in [0.25, 0.3) is 11.1 Å². The van der Waals surface area contributed by atoms with E-state index < -0.39 is 11.6 Å². The first-order valence-corrected chi connectivity index (χ1v) is 12.0. The number of carbonyl (C=O) groups excluding carboxylic acids is 2. The zero-order valence-corrected chi connectivity index (χ0v) is 21.1. The van der Waals surface area contributed by atoms with Gasteiger partial charge in [0.2, 0.25) is 0 Å². The molecule has 2 aromatic rings. The lowest BCUT2D eigenvalue weighted by molar-refractivity contribution is 0.0290. The van der Waals surface area contributed by atoms with Crippen LogP contribution in [0.5, 0.6) is 0 Å². The van der Waals surface area contributed by atoms with Crippen LogP contribution in [0.2, 0.25) is 5.02 Å². The molecule has 1 unspecified atom stereocenters. The molecule has 4 rings (SSSR count). The van der Waals surface area contributed by atoms with Crippen LogP contribution in [-0.2, 0) is 17.8 Å². The van der Waals surface area contributed by atoms with Gasteiger partial charge in [-0.3, -0.25) is 9.78 Å². The number of aliphatic hydroxyl groups excluding tert-OH is 1. The number of likely N-dealkylation sites (tertiary alicyclic amines) is 1. The van der Waals surface area contributed by atoms with Gasteiger partial charge < -0.3 is 20.1 Å². The molecule has 1 saturated heterocycles. The summed E-state index contributed by atoms with van der Waals surface area (Å²) in [6.45, 7) is 10.2. The van der Waals surface area contributed by atoms with Crippen LogP contribution < -0.4 is 5.32 Å². The summed E-state index contributed by atoms with van der Waals surface area (Å²) in [5.41, 5.74) is 4.70. The highest BCUT2D eigenvalue weighted by Gasteiger charge is 2.39. The Balaban J connectivity index is 1.58. The number of nitrogens with one attached hydrogen (secondary N) is 1. The zero-order valence-electron chi connectivity index (χ0n) is 20.4. The Morgan fingerprint density at radius 2 is 2.03 bits per heavy atom. The molecule has 2 N–H and O–H groups in total. The summed E-state index contributed by atoms with van der Waals surface area (Å²) in [5, 5.41) is 14.2. The monoisotopic (exact) mass is 485 g/mol. The van der Waals surface area contributed by atoms with E-state index in [1.807, 2.05) is 46.8 Å². The number of pyridine rings is 1. The van der Waals surface area contributed by atoms with Crippen molar-refractivity contribution in [3.8, 4) is 11.1 Å². The number of Topliss-reactive ketones (excluding diaryl/α,β-unsaturated/α-hetero) is 1. The molecule has 2 aliphatic rings. The van der Waals surface area contributed by atoms with Crippen molar-refractivity contribution in [2.75, 3.05) is 13.1 Å². The van der Waals surface area contributed by atoms with E-state index in [9.17, 15) is 14.7 Å². The molecule has 0 bridgehead atoms. The van der Waals surface area contributed by atoms with Crippen LogP contribution in [0.15, 0.2) is 18.2 Å². The zero-order chi connectivity index (χ0) is 24.8. The van der Waals surface area contributed by atoms with Gasteiger partial charge >= 0.3 is 6.09 Å². The van der Waals surface area contributed by atoms with Crippen LogP contribution in [-0.4, -0.2) is 57.6 Å². The maximum atomic E-state index is 13.6. The SMILES string of the molecule is Cc1cc(Cl)ccc1-c1c(CO)c(C)nc2c1C(=O)C(N[C@H]1CCN(C(=O)OC(C)(C)C)C1)C2. The Bertz CT molecular complexity index is 1140. The molecule has 0 spiro atoms. The van der Waals surface area contributed by atoms with E-state index in [4.69, 9.17) is 16.3 Å². The summed E-state index contributed by atoms with van der Waals surface area (Å²) >= 11 is 6.17. The topological polar surface area (TPSA) is 91.8 Å². The van der Waals surface area contributed by atoms with Crippen molar-refractivity contribution in [3.63, 3.8) is 0 Å². The first-order chi connectivity index (χ1) is 16.0. The van der Waals surface area contributed by atoms with Gasteiger partial charge in [0.25, 0.3) is 0 Å². The molecule has 2 heterocycles. The Morgan fingerprint density at radius 1 is 1.29 bits per heavy atom. The number of hydrogen-bond acceptors (Lipinski definition) is 6. The van der Waals surface area contributed by atoms with Gasteiger partial charge in [-0.15, -0.1) is 0 Å². The standard InChI is InChI=1S/C26H32ClN3O4/c1-14-10-16(27)6-7-18(14)22-19(13-31)15(2)28-20-11-21(24(32)23(20)22)29-17-8-9-30(12-17)25(33)34-26(3,4)5/h6-7,10,17,21,29,31H,8-9,11-13H2,1-5H3/t17-,21?/m0/s1. The van der Waals surface area contributed by atoms with Crippen LogP contribution in [0.1, 0.15) is 60.1 Å². The lowest BCUT2D eigenvalue weighted by Crippen LogP contribution is -2.44.